The number of rotatable bonds is 2. The number of hydrogen-bond donors (Lipinski definition) is 1. The van der Waals surface area contributed by atoms with Crippen molar-refractivity contribution in [2.75, 3.05) is 0 Å². The van der Waals surface area contributed by atoms with Crippen LogP contribution < -0.4 is 0 Å². The van der Waals surface area contributed by atoms with Crippen molar-refractivity contribution in [2.45, 2.75) is 0 Å². The number of phenolic OH excluding ortho intramolecular Hbond substituents is 1. The summed E-state index contributed by atoms with van der Waals surface area (Å²) in [5, 5.41) is 11.2. The zero-order valence-corrected chi connectivity index (χ0v) is 12.4. The number of hydrogen-bond acceptors (Lipinski definition) is 2. The summed E-state index contributed by atoms with van der Waals surface area (Å²) >= 11 is 23.4. The average Bonchev–Trinajstić information content (AvgIpc) is 2.36. The molecule has 2 aromatic rings. The van der Waals surface area contributed by atoms with E-state index >= 15 is 0 Å². The lowest BCUT2D eigenvalue weighted by Gasteiger charge is -2.02. The fourth-order valence-electron chi connectivity index (χ4n) is 1.39. The van der Waals surface area contributed by atoms with Crippen LogP contribution in [0.3, 0.4) is 0 Å². The largest absolute Gasteiger partial charge is 0.506 e. The number of nitrogens with zero attached hydrogens (tertiary/aromatic N) is 1. The van der Waals surface area contributed by atoms with Gasteiger partial charge in [0.25, 0.3) is 0 Å². The van der Waals surface area contributed by atoms with Crippen molar-refractivity contribution in [3.05, 3.63) is 56.0 Å². The van der Waals surface area contributed by atoms with Crippen molar-refractivity contribution in [1.82, 2.24) is 0 Å². The van der Waals surface area contributed by atoms with Gasteiger partial charge in [0.1, 0.15) is 5.75 Å². The van der Waals surface area contributed by atoms with Crippen LogP contribution in [0.2, 0.25) is 20.1 Å². The minimum absolute atomic E-state index is 0.0742. The van der Waals surface area contributed by atoms with Crippen molar-refractivity contribution in [2.24, 2.45) is 4.99 Å². The summed E-state index contributed by atoms with van der Waals surface area (Å²) in [5.74, 6) is -0.0742. The Bertz CT molecular complexity index is 655. The molecule has 0 saturated heterocycles. The van der Waals surface area contributed by atoms with Gasteiger partial charge in [0, 0.05) is 16.8 Å². The molecular formula is C13H7Cl4NO. The minimum atomic E-state index is -0.0742. The predicted molar refractivity (Wildman–Crippen MR) is 81.8 cm³/mol. The minimum Gasteiger partial charge on any atom is -0.506 e. The van der Waals surface area contributed by atoms with Crippen LogP contribution >= 0.6 is 46.4 Å². The zero-order chi connectivity index (χ0) is 14.0. The first-order valence-electron chi connectivity index (χ1n) is 5.14. The fraction of sp³-hybridized carbons (Fsp3) is 0. The molecule has 19 heavy (non-hydrogen) atoms. The molecule has 0 amide bonds. The van der Waals surface area contributed by atoms with E-state index in [1.807, 2.05) is 0 Å². The molecular weight excluding hydrogens is 328 g/mol. The van der Waals surface area contributed by atoms with Gasteiger partial charge in [-0.2, -0.15) is 0 Å². The fourth-order valence-corrected chi connectivity index (χ4v) is 2.20. The molecule has 2 nitrogen and oxygen atoms in total. The van der Waals surface area contributed by atoms with E-state index < -0.39 is 0 Å². The van der Waals surface area contributed by atoms with Crippen LogP contribution in [0.15, 0.2) is 35.3 Å². The second-order valence-corrected chi connectivity index (χ2v) is 5.34. The Balaban J connectivity index is 2.35. The lowest BCUT2D eigenvalue weighted by atomic mass is 10.2. The van der Waals surface area contributed by atoms with Gasteiger partial charge < -0.3 is 5.11 Å². The highest BCUT2D eigenvalue weighted by Gasteiger charge is 2.06. The number of aromatic hydroxyl groups is 1. The van der Waals surface area contributed by atoms with Crippen molar-refractivity contribution >= 4 is 58.3 Å². The van der Waals surface area contributed by atoms with Gasteiger partial charge in [-0.1, -0.05) is 46.4 Å². The van der Waals surface area contributed by atoms with Gasteiger partial charge in [0.15, 0.2) is 0 Å². The third-order valence-corrected chi connectivity index (χ3v) is 3.56. The molecule has 0 radical (unpaired) electrons. The Hall–Kier alpha value is -0.930. The van der Waals surface area contributed by atoms with Crippen molar-refractivity contribution in [1.29, 1.82) is 0 Å². The summed E-state index contributed by atoms with van der Waals surface area (Å²) in [7, 11) is 0. The van der Waals surface area contributed by atoms with E-state index in [4.69, 9.17) is 46.4 Å². The highest BCUT2D eigenvalue weighted by molar-refractivity contribution is 6.42. The second kappa shape index (κ2) is 6.02. The predicted octanol–water partition coefficient (Wildman–Crippen LogP) is 5.76. The van der Waals surface area contributed by atoms with E-state index in [1.165, 1.54) is 12.3 Å². The van der Waals surface area contributed by atoms with Gasteiger partial charge in [0.2, 0.25) is 0 Å². The second-order valence-electron chi connectivity index (χ2n) is 3.68. The molecule has 98 valence electrons. The molecule has 0 heterocycles. The van der Waals surface area contributed by atoms with Gasteiger partial charge in [-0.25, -0.2) is 0 Å². The van der Waals surface area contributed by atoms with Gasteiger partial charge in [-0.15, -0.1) is 0 Å². The average molecular weight is 335 g/mol. The summed E-state index contributed by atoms with van der Waals surface area (Å²) in [6, 6.07) is 7.97. The van der Waals surface area contributed by atoms with Crippen LogP contribution in [0.4, 0.5) is 5.69 Å². The number of benzene rings is 2. The van der Waals surface area contributed by atoms with E-state index in [1.54, 1.807) is 24.3 Å². The quantitative estimate of drug-likeness (QED) is 0.696. The topological polar surface area (TPSA) is 32.6 Å². The molecule has 0 bridgehead atoms. The van der Waals surface area contributed by atoms with Crippen molar-refractivity contribution < 1.29 is 5.11 Å². The van der Waals surface area contributed by atoms with Gasteiger partial charge >= 0.3 is 0 Å². The van der Waals surface area contributed by atoms with E-state index in [0.29, 0.717) is 26.3 Å². The molecule has 2 rings (SSSR count). The van der Waals surface area contributed by atoms with E-state index in [9.17, 15) is 5.11 Å². The van der Waals surface area contributed by atoms with E-state index in [0.717, 1.165) is 0 Å². The molecule has 0 aromatic heterocycles. The summed E-state index contributed by atoms with van der Waals surface area (Å²) in [4.78, 5) is 4.18. The smallest absolute Gasteiger partial charge is 0.143 e. The van der Waals surface area contributed by atoms with Gasteiger partial charge in [-0.05, 0) is 30.3 Å². The van der Waals surface area contributed by atoms with Crippen LogP contribution in [0.25, 0.3) is 0 Å². The van der Waals surface area contributed by atoms with Crippen molar-refractivity contribution in [3.8, 4) is 5.75 Å². The monoisotopic (exact) mass is 333 g/mol. The normalized spacial score (nSPS) is 11.2. The lowest BCUT2D eigenvalue weighted by molar-refractivity contribution is 0.475. The van der Waals surface area contributed by atoms with Crippen LogP contribution in [-0.4, -0.2) is 11.3 Å². The molecule has 1 N–H and O–H groups in total. The highest BCUT2D eigenvalue weighted by atomic mass is 35.5. The van der Waals surface area contributed by atoms with E-state index in [-0.39, 0.29) is 10.8 Å². The van der Waals surface area contributed by atoms with Crippen LogP contribution in [-0.2, 0) is 0 Å². The molecule has 0 aliphatic heterocycles. The maximum Gasteiger partial charge on any atom is 0.143 e. The molecule has 0 spiro atoms. The summed E-state index contributed by atoms with van der Waals surface area (Å²) in [5.41, 5.74) is 1.02. The molecule has 2 aromatic carbocycles. The zero-order valence-electron chi connectivity index (χ0n) is 9.37. The van der Waals surface area contributed by atoms with Gasteiger partial charge in [-0.3, -0.25) is 4.99 Å². The molecule has 6 heteroatoms. The first-order valence-corrected chi connectivity index (χ1v) is 6.65. The Kier molecular flexibility index (Phi) is 4.58. The molecule has 0 aliphatic carbocycles. The van der Waals surface area contributed by atoms with Crippen molar-refractivity contribution in [3.63, 3.8) is 0 Å². The summed E-state index contributed by atoms with van der Waals surface area (Å²) in [6.45, 7) is 0. The van der Waals surface area contributed by atoms with Crippen LogP contribution in [0, 0.1) is 0 Å². The molecule has 0 atom stereocenters. The lowest BCUT2D eigenvalue weighted by Crippen LogP contribution is -1.84. The molecule has 0 aliphatic rings. The summed E-state index contributed by atoms with van der Waals surface area (Å²) in [6.07, 6.45) is 1.45. The Labute approximate surface area is 130 Å². The number of phenols is 1. The maximum absolute atomic E-state index is 9.77. The Morgan fingerprint density at radius 3 is 2.32 bits per heavy atom. The Morgan fingerprint density at radius 2 is 1.63 bits per heavy atom. The third kappa shape index (κ3) is 3.54. The first-order chi connectivity index (χ1) is 8.97. The van der Waals surface area contributed by atoms with Gasteiger partial charge in [0.05, 0.1) is 20.8 Å². The molecule has 0 fully saturated rings. The first kappa shape index (κ1) is 14.5. The summed E-state index contributed by atoms with van der Waals surface area (Å²) < 4.78 is 0. The SMILES string of the molecule is Oc1c(Cl)cc(Cl)cc1C=Nc1ccc(Cl)c(Cl)c1. The maximum atomic E-state index is 9.77. The number of halogens is 4. The molecule has 0 unspecified atom stereocenters. The van der Waals surface area contributed by atoms with Crippen LogP contribution in [0.5, 0.6) is 5.75 Å². The third-order valence-electron chi connectivity index (χ3n) is 2.31. The molecule has 0 saturated carbocycles. The van der Waals surface area contributed by atoms with Crippen LogP contribution in [0.1, 0.15) is 5.56 Å². The number of aliphatic imine (C=N–C) groups is 1. The Morgan fingerprint density at radius 1 is 0.895 bits per heavy atom. The highest BCUT2D eigenvalue weighted by Crippen LogP contribution is 2.31. The standard InChI is InChI=1S/C13H7Cl4NO/c14-8-3-7(13(19)12(17)4-8)6-18-9-1-2-10(15)11(16)5-9/h1-6,19H. The van der Waals surface area contributed by atoms with E-state index in [2.05, 4.69) is 4.99 Å².